The molecule has 0 bridgehead atoms. The van der Waals surface area contributed by atoms with E-state index in [9.17, 15) is 0 Å². The molecule has 2 aromatic rings. The van der Waals surface area contributed by atoms with Gasteiger partial charge in [-0.05, 0) is 24.6 Å². The molecule has 0 fully saturated rings. The number of nitrogens with zero attached hydrogens (tertiary/aromatic N) is 5. The van der Waals surface area contributed by atoms with Gasteiger partial charge < -0.3 is 10.2 Å². The topological polar surface area (TPSA) is 56.7 Å². The van der Waals surface area contributed by atoms with E-state index < -0.39 is 0 Å². The number of hydrogen-bond donors (Lipinski definition) is 1. The fraction of sp³-hybridized carbons (Fsp3) is 0.312. The molecule has 0 saturated heterocycles. The number of rotatable bonds is 6. The summed E-state index contributed by atoms with van der Waals surface area (Å²) in [7, 11) is 5.61. The molecular weight excluding hydrogens is 312 g/mol. The fourth-order valence-electron chi connectivity index (χ4n) is 2.08. The van der Waals surface area contributed by atoms with Crippen LogP contribution in [0.4, 0.5) is 17.6 Å². The molecule has 0 amide bonds. The minimum absolute atomic E-state index is 0.606. The Hall–Kier alpha value is -2.34. The zero-order valence-electron chi connectivity index (χ0n) is 13.8. The van der Waals surface area contributed by atoms with Crippen LogP contribution < -0.4 is 15.2 Å². The number of nitrogens with one attached hydrogen (secondary N) is 1. The molecule has 1 aromatic heterocycles. The molecule has 0 saturated carbocycles. The normalized spacial score (nSPS) is 10.3. The van der Waals surface area contributed by atoms with E-state index in [-0.39, 0.29) is 0 Å². The van der Waals surface area contributed by atoms with E-state index in [1.54, 1.807) is 5.01 Å². The molecule has 23 heavy (non-hydrogen) atoms. The molecule has 0 radical (unpaired) electrons. The predicted octanol–water partition coefficient (Wildman–Crippen LogP) is 3.17. The zero-order valence-corrected chi connectivity index (χ0v) is 14.6. The van der Waals surface area contributed by atoms with Crippen molar-refractivity contribution in [2.45, 2.75) is 13.5 Å². The Labute approximate surface area is 141 Å². The lowest BCUT2D eigenvalue weighted by molar-refractivity contribution is 0.921. The summed E-state index contributed by atoms with van der Waals surface area (Å²) >= 11 is 6.02. The first-order valence-electron chi connectivity index (χ1n) is 7.17. The third-order valence-corrected chi connectivity index (χ3v) is 3.61. The van der Waals surface area contributed by atoms with Gasteiger partial charge in [0.05, 0.1) is 0 Å². The van der Waals surface area contributed by atoms with Crippen molar-refractivity contribution in [2.24, 2.45) is 5.10 Å². The number of aromatic nitrogens is 2. The number of benzene rings is 1. The molecule has 0 aliphatic heterocycles. The Kier molecular flexibility index (Phi) is 5.39. The summed E-state index contributed by atoms with van der Waals surface area (Å²) in [6, 6.07) is 7.73. The number of halogens is 1. The van der Waals surface area contributed by atoms with Crippen LogP contribution in [0.25, 0.3) is 0 Å². The number of hydrogen-bond acceptors (Lipinski definition) is 6. The summed E-state index contributed by atoms with van der Waals surface area (Å²) in [6.45, 7) is 6.13. The van der Waals surface area contributed by atoms with E-state index in [2.05, 4.69) is 27.1 Å². The molecule has 2 rings (SSSR count). The molecule has 0 spiro atoms. The van der Waals surface area contributed by atoms with E-state index in [0.717, 1.165) is 16.9 Å². The van der Waals surface area contributed by atoms with Gasteiger partial charge in [-0.15, -0.1) is 0 Å². The highest BCUT2D eigenvalue weighted by Gasteiger charge is 2.14. The van der Waals surface area contributed by atoms with E-state index in [0.29, 0.717) is 23.3 Å². The van der Waals surface area contributed by atoms with Crippen LogP contribution in [0.2, 0.25) is 5.02 Å². The van der Waals surface area contributed by atoms with Gasteiger partial charge >= 0.3 is 0 Å². The maximum atomic E-state index is 6.02. The van der Waals surface area contributed by atoms with E-state index in [1.165, 1.54) is 0 Å². The Morgan fingerprint density at radius 3 is 2.61 bits per heavy atom. The van der Waals surface area contributed by atoms with Gasteiger partial charge in [-0.25, -0.2) is 0 Å². The second kappa shape index (κ2) is 7.28. The van der Waals surface area contributed by atoms with Crippen LogP contribution >= 0.6 is 11.6 Å². The molecule has 1 heterocycles. The van der Waals surface area contributed by atoms with Gasteiger partial charge in [-0.1, -0.05) is 23.7 Å². The van der Waals surface area contributed by atoms with E-state index >= 15 is 0 Å². The molecular formula is C16H21ClN6. The maximum Gasteiger partial charge on any atom is 0.228 e. The largest absolute Gasteiger partial charge is 0.366 e. The molecule has 0 aliphatic carbocycles. The highest BCUT2D eigenvalue weighted by molar-refractivity contribution is 6.30. The minimum Gasteiger partial charge on any atom is -0.366 e. The summed E-state index contributed by atoms with van der Waals surface area (Å²) in [5.41, 5.74) is 1.99. The summed E-state index contributed by atoms with van der Waals surface area (Å²) in [6.07, 6.45) is 0. The molecule has 1 N–H and O–H groups in total. The maximum absolute atomic E-state index is 6.02. The van der Waals surface area contributed by atoms with Gasteiger partial charge in [-0.3, -0.25) is 5.01 Å². The van der Waals surface area contributed by atoms with Crippen LogP contribution in [0.3, 0.4) is 0 Å². The molecule has 0 unspecified atom stereocenters. The lowest BCUT2D eigenvalue weighted by atomic mass is 10.2. The first-order valence-corrected chi connectivity index (χ1v) is 7.54. The standard InChI is InChI=1S/C16H21ClN6/c1-11-14(19-10-12-7-6-8-13(17)9-12)20-16(22(3)4)21-15(11)23(5)18-2/h6-9H,2,10H2,1,3-5H3,(H,19,20,21). The monoisotopic (exact) mass is 332 g/mol. The first kappa shape index (κ1) is 17.0. The quantitative estimate of drug-likeness (QED) is 0.650. The lowest BCUT2D eigenvalue weighted by Gasteiger charge is -2.20. The van der Waals surface area contributed by atoms with Crippen LogP contribution in [-0.4, -0.2) is 37.8 Å². The predicted molar refractivity (Wildman–Crippen MR) is 97.8 cm³/mol. The Morgan fingerprint density at radius 2 is 2.00 bits per heavy atom. The summed E-state index contributed by atoms with van der Waals surface area (Å²) < 4.78 is 0. The molecule has 7 heteroatoms. The zero-order chi connectivity index (χ0) is 17.0. The van der Waals surface area contributed by atoms with Crippen LogP contribution in [0, 0.1) is 6.92 Å². The fourth-order valence-corrected chi connectivity index (χ4v) is 2.29. The lowest BCUT2D eigenvalue weighted by Crippen LogP contribution is -2.19. The highest BCUT2D eigenvalue weighted by atomic mass is 35.5. The Morgan fingerprint density at radius 1 is 1.26 bits per heavy atom. The van der Waals surface area contributed by atoms with Crippen LogP contribution in [-0.2, 0) is 6.54 Å². The van der Waals surface area contributed by atoms with Crippen molar-refractivity contribution >= 4 is 35.9 Å². The second-order valence-corrected chi connectivity index (χ2v) is 5.80. The van der Waals surface area contributed by atoms with Crippen molar-refractivity contribution in [1.82, 2.24) is 9.97 Å². The van der Waals surface area contributed by atoms with Gasteiger partial charge in [0, 0.05) is 45.0 Å². The van der Waals surface area contributed by atoms with E-state index in [4.69, 9.17) is 11.6 Å². The van der Waals surface area contributed by atoms with Crippen molar-refractivity contribution in [3.63, 3.8) is 0 Å². The Balaban J connectivity index is 2.32. The third kappa shape index (κ3) is 4.10. The summed E-state index contributed by atoms with van der Waals surface area (Å²) in [5.74, 6) is 2.08. The third-order valence-electron chi connectivity index (χ3n) is 3.38. The number of hydrazone groups is 1. The molecule has 0 atom stereocenters. The summed E-state index contributed by atoms with van der Waals surface area (Å²) in [4.78, 5) is 10.9. The van der Waals surface area contributed by atoms with Crippen LogP contribution in [0.15, 0.2) is 29.4 Å². The molecule has 0 aliphatic rings. The van der Waals surface area contributed by atoms with Crippen molar-refractivity contribution in [3.05, 3.63) is 40.4 Å². The van der Waals surface area contributed by atoms with Crippen molar-refractivity contribution in [2.75, 3.05) is 36.4 Å². The smallest absolute Gasteiger partial charge is 0.228 e. The van der Waals surface area contributed by atoms with E-state index in [1.807, 2.05) is 57.2 Å². The van der Waals surface area contributed by atoms with Gasteiger partial charge in [0.25, 0.3) is 0 Å². The van der Waals surface area contributed by atoms with Crippen molar-refractivity contribution in [1.29, 1.82) is 0 Å². The van der Waals surface area contributed by atoms with Crippen molar-refractivity contribution < 1.29 is 0 Å². The molecule has 122 valence electrons. The SMILES string of the molecule is C=NN(C)c1nc(N(C)C)nc(NCc2cccc(Cl)c2)c1C. The van der Waals surface area contributed by atoms with Gasteiger partial charge in [0.15, 0.2) is 5.82 Å². The van der Waals surface area contributed by atoms with Gasteiger partial charge in [0.1, 0.15) is 5.82 Å². The minimum atomic E-state index is 0.606. The Bertz CT molecular complexity index is 701. The average Bonchev–Trinajstić information content (AvgIpc) is 2.53. The summed E-state index contributed by atoms with van der Waals surface area (Å²) in [5, 5.41) is 9.62. The van der Waals surface area contributed by atoms with Crippen LogP contribution in [0.5, 0.6) is 0 Å². The van der Waals surface area contributed by atoms with Crippen molar-refractivity contribution in [3.8, 4) is 0 Å². The van der Waals surface area contributed by atoms with Gasteiger partial charge in [-0.2, -0.15) is 15.1 Å². The molecule has 6 nitrogen and oxygen atoms in total. The second-order valence-electron chi connectivity index (χ2n) is 5.36. The average molecular weight is 333 g/mol. The number of anilines is 3. The first-order chi connectivity index (χ1) is 10.9. The highest BCUT2D eigenvalue weighted by Crippen LogP contribution is 2.26. The van der Waals surface area contributed by atoms with Crippen LogP contribution in [0.1, 0.15) is 11.1 Å². The van der Waals surface area contributed by atoms with Gasteiger partial charge in [0.2, 0.25) is 5.95 Å². The molecule has 1 aromatic carbocycles.